The van der Waals surface area contributed by atoms with Crippen molar-refractivity contribution in [2.75, 3.05) is 46.3 Å². The molecule has 1 aromatic rings. The number of nitrogens with one attached hydrogen (secondary N) is 2. The fourth-order valence-electron chi connectivity index (χ4n) is 2.73. The summed E-state index contributed by atoms with van der Waals surface area (Å²) in [6.07, 6.45) is 0. The highest BCUT2D eigenvalue weighted by molar-refractivity contribution is 7.89. The maximum atomic E-state index is 12.2. The monoisotopic (exact) mass is 381 g/mol. The Balaban J connectivity index is 1.79. The number of rotatable bonds is 5. The predicted molar refractivity (Wildman–Crippen MR) is 102 cm³/mol. The van der Waals surface area contributed by atoms with E-state index in [1.54, 1.807) is 43.1 Å². The molecule has 0 radical (unpaired) electrons. The van der Waals surface area contributed by atoms with Crippen LogP contribution < -0.4 is 10.0 Å². The number of guanidine groups is 1. The molecule has 9 heteroatoms. The number of carbonyl (C=O) groups is 1. The molecule has 2 rings (SSSR count). The summed E-state index contributed by atoms with van der Waals surface area (Å²) in [6.45, 7) is 6.89. The van der Waals surface area contributed by atoms with E-state index < -0.39 is 10.0 Å². The van der Waals surface area contributed by atoms with Crippen LogP contribution in [0.3, 0.4) is 0 Å². The molecule has 1 aliphatic rings. The molecule has 144 valence electrons. The van der Waals surface area contributed by atoms with Crippen molar-refractivity contribution in [2.45, 2.75) is 18.7 Å². The molecule has 1 heterocycles. The molecule has 0 saturated carbocycles. The van der Waals surface area contributed by atoms with Gasteiger partial charge in [0.05, 0.1) is 4.90 Å². The number of aliphatic imine (C=N–C) groups is 1. The van der Waals surface area contributed by atoms with Crippen LogP contribution in [-0.2, 0) is 14.8 Å². The van der Waals surface area contributed by atoms with Gasteiger partial charge < -0.3 is 15.1 Å². The lowest BCUT2D eigenvalue weighted by atomic mass is 10.2. The molecule has 0 unspecified atom stereocenters. The zero-order chi connectivity index (χ0) is 19.2. The lowest BCUT2D eigenvalue weighted by Gasteiger charge is -2.36. The van der Waals surface area contributed by atoms with E-state index in [2.05, 4.69) is 19.9 Å². The molecule has 1 amide bonds. The Morgan fingerprint density at radius 2 is 1.65 bits per heavy atom. The zero-order valence-corrected chi connectivity index (χ0v) is 16.3. The van der Waals surface area contributed by atoms with Crippen molar-refractivity contribution in [3.63, 3.8) is 0 Å². The lowest BCUT2D eigenvalue weighted by molar-refractivity contribution is -0.130. The van der Waals surface area contributed by atoms with E-state index in [0.29, 0.717) is 38.7 Å². The van der Waals surface area contributed by atoms with Gasteiger partial charge in [-0.2, -0.15) is 0 Å². The molecule has 0 aliphatic carbocycles. The molecule has 0 spiro atoms. The van der Waals surface area contributed by atoms with Crippen LogP contribution in [0.25, 0.3) is 0 Å². The van der Waals surface area contributed by atoms with E-state index in [9.17, 15) is 13.2 Å². The summed E-state index contributed by atoms with van der Waals surface area (Å²) in [4.78, 5) is 19.7. The average Bonchev–Trinajstić information content (AvgIpc) is 2.62. The Morgan fingerprint density at radius 1 is 1.08 bits per heavy atom. The predicted octanol–water partition coefficient (Wildman–Crippen LogP) is 0.0128. The van der Waals surface area contributed by atoms with Crippen LogP contribution in [0.5, 0.6) is 0 Å². The molecule has 1 fully saturated rings. The van der Waals surface area contributed by atoms with Gasteiger partial charge in [0.2, 0.25) is 15.9 Å². The highest BCUT2D eigenvalue weighted by atomic mass is 32.2. The summed E-state index contributed by atoms with van der Waals surface area (Å²) in [5.41, 5.74) is 1.01. The van der Waals surface area contributed by atoms with Gasteiger partial charge in [0, 0.05) is 53.2 Å². The Kier molecular flexibility index (Phi) is 6.98. The topological polar surface area (TPSA) is 94.1 Å². The first kappa shape index (κ1) is 20.2. The number of sulfonamides is 1. The standard InChI is InChI=1S/C17H27N5O3S/c1-14-4-6-16(7-5-14)26(24,25)20-9-8-19-17(18-3)22-12-10-21(11-13-22)15(2)23/h4-7,20H,8-13H2,1-3H3,(H,18,19). The number of amides is 1. The van der Waals surface area contributed by atoms with Crippen molar-refractivity contribution < 1.29 is 13.2 Å². The molecule has 1 aliphatic heterocycles. The number of hydrogen-bond acceptors (Lipinski definition) is 4. The van der Waals surface area contributed by atoms with E-state index in [4.69, 9.17) is 0 Å². The van der Waals surface area contributed by atoms with Crippen LogP contribution in [-0.4, -0.2) is 76.4 Å². The Hall–Kier alpha value is -2.13. The summed E-state index contributed by atoms with van der Waals surface area (Å²) >= 11 is 0. The SMILES string of the molecule is CN=C(NCCNS(=O)(=O)c1ccc(C)cc1)N1CCN(C(C)=O)CC1. The summed E-state index contributed by atoms with van der Waals surface area (Å²) in [6, 6.07) is 6.74. The maximum absolute atomic E-state index is 12.2. The molecular weight excluding hydrogens is 354 g/mol. The van der Waals surface area contributed by atoms with Crippen molar-refractivity contribution >= 4 is 21.9 Å². The number of carbonyl (C=O) groups excluding carboxylic acids is 1. The first-order valence-corrected chi connectivity index (χ1v) is 10.1. The highest BCUT2D eigenvalue weighted by Crippen LogP contribution is 2.09. The molecule has 0 aromatic heterocycles. The molecule has 0 bridgehead atoms. The van der Waals surface area contributed by atoms with Gasteiger partial charge in [-0.15, -0.1) is 0 Å². The third-order valence-electron chi connectivity index (χ3n) is 4.27. The van der Waals surface area contributed by atoms with E-state index in [1.807, 2.05) is 6.92 Å². The van der Waals surface area contributed by atoms with E-state index in [1.165, 1.54) is 0 Å². The molecule has 0 atom stereocenters. The average molecular weight is 382 g/mol. The van der Waals surface area contributed by atoms with Crippen molar-refractivity contribution in [3.05, 3.63) is 29.8 Å². The Labute approximate surface area is 155 Å². The van der Waals surface area contributed by atoms with Gasteiger partial charge >= 0.3 is 0 Å². The van der Waals surface area contributed by atoms with Crippen LogP contribution in [0.4, 0.5) is 0 Å². The van der Waals surface area contributed by atoms with Crippen molar-refractivity contribution in [2.24, 2.45) is 4.99 Å². The summed E-state index contributed by atoms with van der Waals surface area (Å²) in [7, 11) is -1.82. The fraction of sp³-hybridized carbons (Fsp3) is 0.529. The van der Waals surface area contributed by atoms with Gasteiger partial charge in [0.1, 0.15) is 0 Å². The number of benzene rings is 1. The molecule has 1 aromatic carbocycles. The number of hydrogen-bond donors (Lipinski definition) is 2. The second-order valence-corrected chi connectivity index (χ2v) is 7.94. The summed E-state index contributed by atoms with van der Waals surface area (Å²) in [5, 5.41) is 3.16. The largest absolute Gasteiger partial charge is 0.355 e. The van der Waals surface area contributed by atoms with E-state index >= 15 is 0 Å². The van der Waals surface area contributed by atoms with Crippen molar-refractivity contribution in [3.8, 4) is 0 Å². The molecule has 8 nitrogen and oxygen atoms in total. The number of nitrogens with zero attached hydrogens (tertiary/aromatic N) is 3. The first-order valence-electron chi connectivity index (χ1n) is 8.61. The summed E-state index contributed by atoms with van der Waals surface area (Å²) < 4.78 is 27.1. The Bertz CT molecular complexity index is 738. The molecule has 1 saturated heterocycles. The summed E-state index contributed by atoms with van der Waals surface area (Å²) in [5.74, 6) is 0.792. The highest BCUT2D eigenvalue weighted by Gasteiger charge is 2.20. The van der Waals surface area contributed by atoms with Crippen LogP contribution in [0.15, 0.2) is 34.2 Å². The maximum Gasteiger partial charge on any atom is 0.240 e. The van der Waals surface area contributed by atoms with Gasteiger partial charge in [-0.25, -0.2) is 13.1 Å². The third-order valence-corrected chi connectivity index (χ3v) is 5.74. The minimum Gasteiger partial charge on any atom is -0.355 e. The minimum atomic E-state index is -3.51. The van der Waals surface area contributed by atoms with Crippen molar-refractivity contribution in [1.82, 2.24) is 19.8 Å². The molecule has 2 N–H and O–H groups in total. The van der Waals surface area contributed by atoms with Crippen LogP contribution in [0, 0.1) is 6.92 Å². The van der Waals surface area contributed by atoms with Gasteiger partial charge in [-0.1, -0.05) is 17.7 Å². The van der Waals surface area contributed by atoms with Crippen molar-refractivity contribution in [1.29, 1.82) is 0 Å². The van der Waals surface area contributed by atoms with Gasteiger partial charge in [0.15, 0.2) is 5.96 Å². The van der Waals surface area contributed by atoms with Crippen LogP contribution in [0.1, 0.15) is 12.5 Å². The normalized spacial score (nSPS) is 15.9. The quantitative estimate of drug-likeness (QED) is 0.426. The second kappa shape index (κ2) is 9.00. The van der Waals surface area contributed by atoms with E-state index in [-0.39, 0.29) is 17.3 Å². The Morgan fingerprint density at radius 3 is 2.19 bits per heavy atom. The van der Waals surface area contributed by atoms with Crippen LogP contribution in [0.2, 0.25) is 0 Å². The number of piperazine rings is 1. The van der Waals surface area contributed by atoms with Crippen LogP contribution >= 0.6 is 0 Å². The van der Waals surface area contributed by atoms with Gasteiger partial charge in [0.25, 0.3) is 0 Å². The fourth-order valence-corrected chi connectivity index (χ4v) is 3.76. The van der Waals surface area contributed by atoms with E-state index in [0.717, 1.165) is 5.56 Å². The third kappa shape index (κ3) is 5.43. The molecular formula is C17H27N5O3S. The van der Waals surface area contributed by atoms with Gasteiger partial charge in [-0.3, -0.25) is 9.79 Å². The minimum absolute atomic E-state index is 0.0816. The molecule has 26 heavy (non-hydrogen) atoms. The first-order chi connectivity index (χ1) is 12.3. The van der Waals surface area contributed by atoms with Gasteiger partial charge in [-0.05, 0) is 19.1 Å². The number of aryl methyl sites for hydroxylation is 1. The second-order valence-electron chi connectivity index (χ2n) is 6.18. The zero-order valence-electron chi connectivity index (χ0n) is 15.5. The lowest BCUT2D eigenvalue weighted by Crippen LogP contribution is -2.54. The smallest absolute Gasteiger partial charge is 0.240 e.